The van der Waals surface area contributed by atoms with E-state index in [0.717, 1.165) is 16.0 Å². The molecular formula is C42H54N5O12P. The number of ether oxygens (including phenoxy) is 7. The second-order valence-corrected chi connectivity index (χ2v) is 19.5. The van der Waals surface area contributed by atoms with Crippen molar-refractivity contribution in [3.63, 3.8) is 0 Å². The van der Waals surface area contributed by atoms with Crippen molar-refractivity contribution in [1.29, 1.82) is 0 Å². The first-order valence-electron chi connectivity index (χ1n) is 19.7. The van der Waals surface area contributed by atoms with Crippen LogP contribution in [0.5, 0.6) is 0 Å². The van der Waals surface area contributed by atoms with Crippen LogP contribution in [0, 0.1) is 0 Å². The lowest BCUT2D eigenvalue weighted by Gasteiger charge is -2.28. The van der Waals surface area contributed by atoms with Gasteiger partial charge in [0.05, 0.1) is 26.1 Å². The van der Waals surface area contributed by atoms with Crippen LogP contribution >= 0.6 is 7.37 Å². The zero-order valence-corrected chi connectivity index (χ0v) is 36.5. The molecule has 2 saturated heterocycles. The van der Waals surface area contributed by atoms with E-state index in [-0.39, 0.29) is 49.0 Å². The molecule has 4 aromatic rings. The number of hydrogen-bond donors (Lipinski definition) is 0. The van der Waals surface area contributed by atoms with E-state index in [2.05, 4.69) is 4.98 Å². The van der Waals surface area contributed by atoms with Crippen LogP contribution in [0.25, 0.3) is 11.2 Å². The summed E-state index contributed by atoms with van der Waals surface area (Å²) in [6, 6.07) is 18.6. The van der Waals surface area contributed by atoms with E-state index in [1.807, 2.05) is 60.7 Å². The van der Waals surface area contributed by atoms with Gasteiger partial charge in [-0.2, -0.15) is 4.90 Å². The molecule has 4 heterocycles. The first-order valence-corrected chi connectivity index (χ1v) is 21.9. The quantitative estimate of drug-likeness (QED) is 0.0728. The number of carbonyl (C=O) groups excluding carboxylic acids is 3. The van der Waals surface area contributed by atoms with Gasteiger partial charge in [-0.15, -0.1) is 0 Å². The monoisotopic (exact) mass is 851 g/mol. The average molecular weight is 852 g/mol. The highest BCUT2D eigenvalue weighted by Gasteiger charge is 2.57. The molecule has 0 aliphatic carbocycles. The molecule has 18 heteroatoms. The van der Waals surface area contributed by atoms with Gasteiger partial charge in [0.25, 0.3) is 0 Å². The summed E-state index contributed by atoms with van der Waals surface area (Å²) in [6.07, 6.45) is -3.79. The lowest BCUT2D eigenvalue weighted by Crippen LogP contribution is -2.44. The van der Waals surface area contributed by atoms with Crippen LogP contribution in [0.4, 0.5) is 15.4 Å². The highest BCUT2D eigenvalue weighted by molar-refractivity contribution is 7.59. The van der Waals surface area contributed by atoms with Crippen molar-refractivity contribution in [2.45, 2.75) is 123 Å². The molecule has 0 radical (unpaired) electrons. The first-order chi connectivity index (χ1) is 28.1. The summed E-state index contributed by atoms with van der Waals surface area (Å²) in [5.41, 5.74) is -0.103. The fourth-order valence-corrected chi connectivity index (χ4v) is 8.02. The predicted octanol–water partition coefficient (Wildman–Crippen LogP) is 7.54. The summed E-state index contributed by atoms with van der Waals surface area (Å²) in [5, 5.41) is 0. The van der Waals surface area contributed by atoms with Gasteiger partial charge in [0.15, 0.2) is 29.0 Å². The molecule has 2 aromatic heterocycles. The van der Waals surface area contributed by atoms with Crippen molar-refractivity contribution in [3.05, 3.63) is 83.9 Å². The molecule has 0 saturated carbocycles. The Labute approximate surface area is 349 Å². The molecule has 2 aliphatic rings. The Kier molecular flexibility index (Phi) is 13.2. The molecular weight excluding hydrogens is 797 g/mol. The average Bonchev–Trinajstić information content (AvgIpc) is 3.81. The summed E-state index contributed by atoms with van der Waals surface area (Å²) in [5.74, 6) is -3.42. The molecule has 2 aromatic carbocycles. The minimum absolute atomic E-state index is 0.0190. The van der Waals surface area contributed by atoms with Crippen LogP contribution in [0.15, 0.2) is 67.0 Å². The number of rotatable bonds is 13. The maximum Gasteiger partial charge on any atom is 0.425 e. The van der Waals surface area contributed by atoms with E-state index in [1.165, 1.54) is 13.0 Å². The molecule has 17 nitrogen and oxygen atoms in total. The molecule has 6 atom stereocenters. The first kappa shape index (κ1) is 44.8. The van der Waals surface area contributed by atoms with Crippen molar-refractivity contribution >= 4 is 42.5 Å². The number of esters is 1. The van der Waals surface area contributed by atoms with Crippen molar-refractivity contribution < 1.29 is 56.6 Å². The summed E-state index contributed by atoms with van der Waals surface area (Å²) in [4.78, 5) is 56.0. The normalized spacial score (nSPS) is 21.5. The van der Waals surface area contributed by atoms with Crippen LogP contribution < -0.4 is 4.90 Å². The number of imide groups is 1. The van der Waals surface area contributed by atoms with Crippen LogP contribution in [0.1, 0.15) is 85.5 Å². The molecule has 2 amide bonds. The molecule has 0 bridgehead atoms. The minimum Gasteiger partial charge on any atom is -0.464 e. The zero-order chi connectivity index (χ0) is 43.6. The Morgan fingerprint density at radius 1 is 0.883 bits per heavy atom. The second-order valence-electron chi connectivity index (χ2n) is 17.0. The standard InChI is InChI=1S/C42H54N5O12P/c1-11-52-36(48)37(60(10,51)54-23-27-20-16-13-17-21-27)53-24-28-31-32(57-42(8,9)56-31)35(55-28)46-25-43-30-33(46)44-29(22-26-18-14-12-15-19-26)45-34(30)47(38(49)58-40(2,3)4)39(50)59-41(5,6)7/h12-21,25,28,31-32,35,37H,11,22-24H2,1-10H3/t28-,31-,32-,35-,37?,60?/m1/s1. The predicted molar refractivity (Wildman–Crippen MR) is 218 cm³/mol. The fourth-order valence-electron chi connectivity index (χ4n) is 6.66. The molecule has 2 aliphatic heterocycles. The Morgan fingerprint density at radius 3 is 2.05 bits per heavy atom. The summed E-state index contributed by atoms with van der Waals surface area (Å²) >= 11 is 0. The van der Waals surface area contributed by atoms with E-state index in [0.29, 0.717) is 0 Å². The molecule has 2 fully saturated rings. The SMILES string of the molecule is CCOC(=O)C(OC[C@H]1O[C@@H](n2cnc3c(N(C(=O)OC(C)(C)C)C(=O)OC(C)(C)C)nc(Cc4ccccc4)nc32)[C@@H]2OC(C)(C)O[C@@H]21)P(C)(=O)OCc1ccccc1. The maximum absolute atomic E-state index is 14.0. The van der Waals surface area contributed by atoms with Gasteiger partial charge in [-0.1, -0.05) is 60.7 Å². The summed E-state index contributed by atoms with van der Waals surface area (Å²) < 4.78 is 63.5. The van der Waals surface area contributed by atoms with Gasteiger partial charge in [0.2, 0.25) is 13.2 Å². The van der Waals surface area contributed by atoms with E-state index < -0.39 is 72.9 Å². The maximum atomic E-state index is 14.0. The number of hydrogen-bond acceptors (Lipinski definition) is 15. The number of benzene rings is 2. The van der Waals surface area contributed by atoms with Crippen LogP contribution in [0.3, 0.4) is 0 Å². The van der Waals surface area contributed by atoms with Gasteiger partial charge in [0, 0.05) is 13.1 Å². The zero-order valence-electron chi connectivity index (χ0n) is 35.6. The van der Waals surface area contributed by atoms with E-state index >= 15 is 0 Å². The Morgan fingerprint density at radius 2 is 1.47 bits per heavy atom. The lowest BCUT2D eigenvalue weighted by atomic mass is 10.1. The Bertz CT molecular complexity index is 2180. The van der Waals surface area contributed by atoms with Crippen LogP contribution in [-0.2, 0) is 60.1 Å². The van der Waals surface area contributed by atoms with Crippen molar-refractivity contribution in [2.75, 3.05) is 24.8 Å². The van der Waals surface area contributed by atoms with E-state index in [4.69, 9.17) is 47.6 Å². The highest BCUT2D eigenvalue weighted by Crippen LogP contribution is 2.51. The minimum atomic E-state index is -3.79. The third-order valence-electron chi connectivity index (χ3n) is 9.08. The highest BCUT2D eigenvalue weighted by atomic mass is 31.2. The summed E-state index contributed by atoms with van der Waals surface area (Å²) in [6.45, 7) is 16.3. The van der Waals surface area contributed by atoms with Crippen LogP contribution in [-0.4, -0.2) is 98.7 Å². The molecule has 2 unspecified atom stereocenters. The molecule has 0 spiro atoms. The number of anilines is 1. The van der Waals surface area contributed by atoms with Crippen LogP contribution in [0.2, 0.25) is 0 Å². The third-order valence-corrected chi connectivity index (χ3v) is 10.9. The van der Waals surface area contributed by atoms with Gasteiger partial charge < -0.3 is 37.7 Å². The number of aromatic nitrogens is 4. The number of fused-ring (bicyclic) bond motifs is 2. The number of amides is 2. The number of nitrogens with zero attached hydrogens (tertiary/aromatic N) is 5. The van der Waals surface area contributed by atoms with Gasteiger partial charge in [-0.05, 0) is 73.4 Å². The smallest absolute Gasteiger partial charge is 0.425 e. The second kappa shape index (κ2) is 17.7. The molecule has 6 rings (SSSR count). The number of imidazole rings is 1. The van der Waals surface area contributed by atoms with E-state index in [1.54, 1.807) is 66.9 Å². The van der Waals surface area contributed by atoms with Crippen molar-refractivity contribution in [1.82, 2.24) is 19.5 Å². The summed E-state index contributed by atoms with van der Waals surface area (Å²) in [7, 11) is -3.79. The van der Waals surface area contributed by atoms with Gasteiger partial charge in [-0.3, -0.25) is 9.13 Å². The van der Waals surface area contributed by atoms with Gasteiger partial charge >= 0.3 is 18.2 Å². The largest absolute Gasteiger partial charge is 0.464 e. The van der Waals surface area contributed by atoms with Gasteiger partial charge in [0.1, 0.15) is 35.3 Å². The Balaban J connectivity index is 1.38. The molecule has 324 valence electrons. The van der Waals surface area contributed by atoms with Crippen molar-refractivity contribution in [3.8, 4) is 0 Å². The third kappa shape index (κ3) is 10.7. The lowest BCUT2D eigenvalue weighted by molar-refractivity contribution is -0.203. The Hall–Kier alpha value is -4.77. The molecule has 60 heavy (non-hydrogen) atoms. The van der Waals surface area contributed by atoms with Crippen molar-refractivity contribution in [2.24, 2.45) is 0 Å². The fraction of sp³-hybridized carbons (Fsp3) is 0.524. The van der Waals surface area contributed by atoms with Gasteiger partial charge in [-0.25, -0.2) is 29.3 Å². The topological polar surface area (TPSA) is 189 Å². The molecule has 0 N–H and O–H groups in total. The number of carbonyl (C=O) groups is 3. The van der Waals surface area contributed by atoms with E-state index in [9.17, 15) is 18.9 Å².